The van der Waals surface area contributed by atoms with E-state index in [9.17, 15) is 9.59 Å². The Morgan fingerprint density at radius 3 is 2.65 bits per heavy atom. The number of carbonyl (C=O) groups is 2. The van der Waals surface area contributed by atoms with Crippen LogP contribution in [0.15, 0.2) is 47.1 Å². The topological polar surface area (TPSA) is 106 Å². The zero-order valence-corrected chi connectivity index (χ0v) is 17.5. The van der Waals surface area contributed by atoms with Crippen LogP contribution in [0.5, 0.6) is 0 Å². The summed E-state index contributed by atoms with van der Waals surface area (Å²) in [5.41, 5.74) is 1.74. The van der Waals surface area contributed by atoms with E-state index < -0.39 is 0 Å². The van der Waals surface area contributed by atoms with Crippen LogP contribution in [0.1, 0.15) is 41.8 Å². The van der Waals surface area contributed by atoms with Crippen LogP contribution in [0.2, 0.25) is 0 Å². The van der Waals surface area contributed by atoms with Gasteiger partial charge in [0.1, 0.15) is 0 Å². The predicted molar refractivity (Wildman–Crippen MR) is 113 cm³/mol. The number of hydrogen-bond acceptors (Lipinski definition) is 6. The Kier molecular flexibility index (Phi) is 6.40. The fourth-order valence-corrected chi connectivity index (χ4v) is 3.70. The van der Waals surface area contributed by atoms with E-state index >= 15 is 0 Å². The number of aryl methyl sites for hydroxylation is 2. The van der Waals surface area contributed by atoms with Crippen molar-refractivity contribution < 1.29 is 14.0 Å². The van der Waals surface area contributed by atoms with E-state index in [1.54, 1.807) is 6.07 Å². The first-order chi connectivity index (χ1) is 15.1. The van der Waals surface area contributed by atoms with E-state index in [0.29, 0.717) is 44.1 Å². The molecule has 31 heavy (non-hydrogen) atoms. The molecule has 3 heterocycles. The SMILES string of the molecule is Cc1ccoc1C(=O)NC1CCN(C(=O)CCCn2nnc(-c3ccccc3)n2)CC1. The number of carbonyl (C=O) groups excluding carboxylic acids is 2. The summed E-state index contributed by atoms with van der Waals surface area (Å²) in [4.78, 5) is 28.2. The van der Waals surface area contributed by atoms with Gasteiger partial charge in [0.15, 0.2) is 5.76 Å². The van der Waals surface area contributed by atoms with Crippen LogP contribution in [-0.4, -0.2) is 56.1 Å². The fraction of sp³-hybridized carbons (Fsp3) is 0.409. The lowest BCUT2D eigenvalue weighted by atomic mass is 10.0. The van der Waals surface area contributed by atoms with Gasteiger partial charge in [-0.2, -0.15) is 4.80 Å². The number of aromatic nitrogens is 4. The molecule has 0 spiro atoms. The molecule has 0 aliphatic carbocycles. The molecular formula is C22H26N6O3. The number of tetrazole rings is 1. The first-order valence-electron chi connectivity index (χ1n) is 10.6. The number of amides is 2. The van der Waals surface area contributed by atoms with Gasteiger partial charge in [0.2, 0.25) is 11.7 Å². The van der Waals surface area contributed by atoms with Gasteiger partial charge in [-0.1, -0.05) is 30.3 Å². The zero-order valence-electron chi connectivity index (χ0n) is 17.5. The number of rotatable bonds is 7. The Morgan fingerprint density at radius 1 is 1.16 bits per heavy atom. The summed E-state index contributed by atoms with van der Waals surface area (Å²) in [6.45, 7) is 3.67. The van der Waals surface area contributed by atoms with Crippen molar-refractivity contribution in [2.45, 2.75) is 45.2 Å². The molecule has 2 amide bonds. The molecule has 1 aromatic carbocycles. The highest BCUT2D eigenvalue weighted by molar-refractivity contribution is 5.93. The molecule has 1 saturated heterocycles. The summed E-state index contributed by atoms with van der Waals surface area (Å²) in [5, 5.41) is 15.5. The molecule has 0 atom stereocenters. The summed E-state index contributed by atoms with van der Waals surface area (Å²) in [6.07, 6.45) is 4.08. The van der Waals surface area contributed by atoms with Gasteiger partial charge >= 0.3 is 0 Å². The second-order valence-corrected chi connectivity index (χ2v) is 7.74. The summed E-state index contributed by atoms with van der Waals surface area (Å²) in [6, 6.07) is 11.5. The largest absolute Gasteiger partial charge is 0.459 e. The third kappa shape index (κ3) is 5.17. The molecule has 4 rings (SSSR count). The molecule has 0 bridgehead atoms. The minimum atomic E-state index is -0.192. The first-order valence-corrected chi connectivity index (χ1v) is 10.6. The number of piperidine rings is 1. The number of nitrogens with one attached hydrogen (secondary N) is 1. The average molecular weight is 422 g/mol. The molecule has 2 aromatic heterocycles. The van der Waals surface area contributed by atoms with E-state index in [4.69, 9.17) is 4.42 Å². The summed E-state index contributed by atoms with van der Waals surface area (Å²) >= 11 is 0. The van der Waals surface area contributed by atoms with Crippen molar-refractivity contribution in [2.75, 3.05) is 13.1 Å². The monoisotopic (exact) mass is 422 g/mol. The smallest absolute Gasteiger partial charge is 0.287 e. The number of hydrogen-bond donors (Lipinski definition) is 1. The van der Waals surface area contributed by atoms with Gasteiger partial charge in [-0.25, -0.2) is 0 Å². The minimum absolute atomic E-state index is 0.0526. The normalized spacial score (nSPS) is 14.5. The predicted octanol–water partition coefficient (Wildman–Crippen LogP) is 2.44. The van der Waals surface area contributed by atoms with E-state index in [1.165, 1.54) is 11.1 Å². The minimum Gasteiger partial charge on any atom is -0.459 e. The third-order valence-corrected chi connectivity index (χ3v) is 5.48. The van der Waals surface area contributed by atoms with Crippen molar-refractivity contribution >= 4 is 11.8 Å². The molecule has 0 unspecified atom stereocenters. The lowest BCUT2D eigenvalue weighted by Gasteiger charge is -2.32. The summed E-state index contributed by atoms with van der Waals surface area (Å²) < 4.78 is 5.24. The highest BCUT2D eigenvalue weighted by Gasteiger charge is 2.25. The summed E-state index contributed by atoms with van der Waals surface area (Å²) in [5.74, 6) is 0.869. The first kappa shape index (κ1) is 20.8. The number of furan rings is 1. The molecule has 9 nitrogen and oxygen atoms in total. The maximum Gasteiger partial charge on any atom is 0.287 e. The van der Waals surface area contributed by atoms with E-state index in [2.05, 4.69) is 20.7 Å². The lowest BCUT2D eigenvalue weighted by molar-refractivity contribution is -0.132. The Bertz CT molecular complexity index is 1020. The fourth-order valence-electron chi connectivity index (χ4n) is 3.70. The van der Waals surface area contributed by atoms with Gasteiger partial charge in [-0.15, -0.1) is 10.2 Å². The van der Waals surface area contributed by atoms with Gasteiger partial charge in [-0.3, -0.25) is 9.59 Å². The molecule has 1 N–H and O–H groups in total. The Morgan fingerprint density at radius 2 is 1.94 bits per heavy atom. The van der Waals surface area contributed by atoms with Crippen LogP contribution >= 0.6 is 0 Å². The standard InChI is InChI=1S/C22H26N6O3/c1-16-11-15-31-20(16)22(30)23-18-9-13-27(14-10-18)19(29)8-5-12-28-25-21(24-26-28)17-6-3-2-4-7-17/h2-4,6-7,11,15,18H,5,8-10,12-14H2,1H3,(H,23,30). The highest BCUT2D eigenvalue weighted by atomic mass is 16.3. The molecule has 0 radical (unpaired) electrons. The molecule has 1 aliphatic rings. The van der Waals surface area contributed by atoms with Crippen LogP contribution in [0, 0.1) is 6.92 Å². The quantitative estimate of drug-likeness (QED) is 0.627. The van der Waals surface area contributed by atoms with Crippen molar-refractivity contribution in [3.63, 3.8) is 0 Å². The zero-order chi connectivity index (χ0) is 21.6. The van der Waals surface area contributed by atoms with Crippen molar-refractivity contribution in [1.82, 2.24) is 30.4 Å². The Labute approximate surface area is 180 Å². The Hall–Kier alpha value is -3.49. The van der Waals surface area contributed by atoms with Crippen LogP contribution in [0.25, 0.3) is 11.4 Å². The summed E-state index contributed by atoms with van der Waals surface area (Å²) in [7, 11) is 0. The molecule has 162 valence electrons. The van der Waals surface area contributed by atoms with Gasteiger partial charge in [0, 0.05) is 36.7 Å². The number of benzene rings is 1. The van der Waals surface area contributed by atoms with E-state index in [-0.39, 0.29) is 17.9 Å². The third-order valence-electron chi connectivity index (χ3n) is 5.48. The van der Waals surface area contributed by atoms with Crippen LogP contribution < -0.4 is 5.32 Å². The van der Waals surface area contributed by atoms with Gasteiger partial charge in [0.25, 0.3) is 5.91 Å². The van der Waals surface area contributed by atoms with E-state index in [1.807, 2.05) is 42.2 Å². The van der Waals surface area contributed by atoms with Gasteiger partial charge < -0.3 is 14.6 Å². The molecule has 1 fully saturated rings. The molecule has 0 saturated carbocycles. The number of likely N-dealkylation sites (tertiary alicyclic amines) is 1. The second kappa shape index (κ2) is 9.55. The molecule has 1 aliphatic heterocycles. The van der Waals surface area contributed by atoms with Gasteiger partial charge in [-0.05, 0) is 37.5 Å². The second-order valence-electron chi connectivity index (χ2n) is 7.74. The van der Waals surface area contributed by atoms with Crippen molar-refractivity contribution in [3.05, 3.63) is 54.0 Å². The van der Waals surface area contributed by atoms with Crippen LogP contribution in [0.4, 0.5) is 0 Å². The average Bonchev–Trinajstić information content (AvgIpc) is 3.44. The lowest BCUT2D eigenvalue weighted by Crippen LogP contribution is -2.46. The van der Waals surface area contributed by atoms with Crippen LogP contribution in [-0.2, 0) is 11.3 Å². The maximum absolute atomic E-state index is 12.5. The molecule has 9 heteroatoms. The molecule has 3 aromatic rings. The van der Waals surface area contributed by atoms with Crippen molar-refractivity contribution in [2.24, 2.45) is 0 Å². The van der Waals surface area contributed by atoms with E-state index in [0.717, 1.165) is 24.0 Å². The molecular weight excluding hydrogens is 396 g/mol. The maximum atomic E-state index is 12.5. The number of nitrogens with zero attached hydrogens (tertiary/aromatic N) is 5. The highest BCUT2D eigenvalue weighted by Crippen LogP contribution is 2.15. The van der Waals surface area contributed by atoms with Crippen LogP contribution in [0.3, 0.4) is 0 Å². The van der Waals surface area contributed by atoms with Crippen molar-refractivity contribution in [1.29, 1.82) is 0 Å². The van der Waals surface area contributed by atoms with Gasteiger partial charge in [0.05, 0.1) is 12.8 Å². The Balaban J connectivity index is 1.18. The van der Waals surface area contributed by atoms with Crippen molar-refractivity contribution in [3.8, 4) is 11.4 Å².